The molecule has 1 heterocycles. The van der Waals surface area contributed by atoms with Gasteiger partial charge in [0.05, 0.1) is 6.04 Å². The Morgan fingerprint density at radius 3 is 2.66 bits per heavy atom. The van der Waals surface area contributed by atoms with Crippen molar-refractivity contribution in [3.8, 4) is 5.75 Å². The van der Waals surface area contributed by atoms with Gasteiger partial charge in [-0.2, -0.15) is 0 Å². The molecule has 0 radical (unpaired) electrons. The number of halogens is 1. The van der Waals surface area contributed by atoms with Gasteiger partial charge in [0.15, 0.2) is 17.2 Å². The van der Waals surface area contributed by atoms with Gasteiger partial charge in [0.25, 0.3) is 5.91 Å². The molecular formula is C23H24FNO4. The zero-order chi connectivity index (χ0) is 20.5. The van der Waals surface area contributed by atoms with Gasteiger partial charge in [-0.25, -0.2) is 4.39 Å². The summed E-state index contributed by atoms with van der Waals surface area (Å²) in [5.41, 5.74) is 0.676. The van der Waals surface area contributed by atoms with Crippen LogP contribution in [0.2, 0.25) is 0 Å². The summed E-state index contributed by atoms with van der Waals surface area (Å²) in [6, 6.07) is 13.6. The first-order valence-electron chi connectivity index (χ1n) is 9.82. The Morgan fingerprint density at radius 2 is 1.93 bits per heavy atom. The van der Waals surface area contributed by atoms with E-state index >= 15 is 0 Å². The molecule has 5 nitrogen and oxygen atoms in total. The van der Waals surface area contributed by atoms with Gasteiger partial charge in [-0.3, -0.25) is 4.79 Å². The van der Waals surface area contributed by atoms with E-state index in [-0.39, 0.29) is 17.3 Å². The molecule has 3 aromatic rings. The third-order valence-corrected chi connectivity index (χ3v) is 5.72. The Hall–Kier alpha value is -2.86. The molecule has 1 amide bonds. The molecule has 4 rings (SSSR count). The Kier molecular flexibility index (Phi) is 5.28. The second-order valence-electron chi connectivity index (χ2n) is 7.55. The molecular weight excluding hydrogens is 373 g/mol. The number of nitrogens with zero attached hydrogens (tertiary/aromatic N) is 1. The molecule has 2 aromatic carbocycles. The summed E-state index contributed by atoms with van der Waals surface area (Å²) >= 11 is 0. The first-order chi connectivity index (χ1) is 14.0. The number of likely N-dealkylation sites (N-methyl/N-ethyl adjacent to an activating group) is 1. The number of furan rings is 1. The summed E-state index contributed by atoms with van der Waals surface area (Å²) < 4.78 is 25.6. The number of ether oxygens (including phenoxy) is 1. The number of para-hydroxylation sites is 2. The topological polar surface area (TPSA) is 62.9 Å². The number of aryl methyl sites for hydroxylation is 1. The lowest BCUT2D eigenvalue weighted by Gasteiger charge is -2.39. The quantitative estimate of drug-likeness (QED) is 0.712. The molecule has 6 heteroatoms. The van der Waals surface area contributed by atoms with Crippen molar-refractivity contribution in [2.75, 3.05) is 7.05 Å². The number of hydrogen-bond acceptors (Lipinski definition) is 4. The Bertz CT molecular complexity index is 1020. The van der Waals surface area contributed by atoms with Crippen LogP contribution in [0.4, 0.5) is 4.39 Å². The molecule has 0 bridgehead atoms. The monoisotopic (exact) mass is 397 g/mol. The van der Waals surface area contributed by atoms with Crippen molar-refractivity contribution in [2.24, 2.45) is 0 Å². The Morgan fingerprint density at radius 1 is 1.17 bits per heavy atom. The fourth-order valence-electron chi connectivity index (χ4n) is 4.07. The third kappa shape index (κ3) is 3.60. The van der Waals surface area contributed by atoms with Crippen molar-refractivity contribution in [3.05, 3.63) is 65.7 Å². The molecule has 29 heavy (non-hydrogen) atoms. The zero-order valence-electron chi connectivity index (χ0n) is 16.5. The van der Waals surface area contributed by atoms with E-state index in [1.807, 2.05) is 30.3 Å². The van der Waals surface area contributed by atoms with Crippen molar-refractivity contribution < 1.29 is 23.4 Å². The van der Waals surface area contributed by atoms with Crippen LogP contribution >= 0.6 is 0 Å². The number of hydrogen-bond donors (Lipinski definition) is 1. The van der Waals surface area contributed by atoms with Crippen LogP contribution < -0.4 is 4.74 Å². The van der Waals surface area contributed by atoms with E-state index < -0.39 is 24.1 Å². The minimum Gasteiger partial charge on any atom is -0.488 e. The largest absolute Gasteiger partial charge is 0.488 e. The predicted octanol–water partition coefficient (Wildman–Crippen LogP) is 4.31. The Labute approximate surface area is 168 Å². The molecule has 1 saturated carbocycles. The molecule has 1 aliphatic carbocycles. The number of aliphatic hydroxyl groups excluding tert-OH is 1. The van der Waals surface area contributed by atoms with Gasteiger partial charge in [-0.1, -0.05) is 30.3 Å². The van der Waals surface area contributed by atoms with Crippen LogP contribution in [-0.2, 0) is 0 Å². The normalized spacial score (nSPS) is 21.9. The van der Waals surface area contributed by atoms with E-state index in [4.69, 9.17) is 9.15 Å². The summed E-state index contributed by atoms with van der Waals surface area (Å²) in [6.07, 6.45) is 0.958. The summed E-state index contributed by atoms with van der Waals surface area (Å²) in [6.45, 7) is 1.74. The van der Waals surface area contributed by atoms with Crippen molar-refractivity contribution in [2.45, 2.75) is 44.4 Å². The van der Waals surface area contributed by atoms with Gasteiger partial charge in [-0.05, 0) is 44.4 Å². The van der Waals surface area contributed by atoms with E-state index in [0.717, 1.165) is 6.42 Å². The minimum atomic E-state index is -0.834. The van der Waals surface area contributed by atoms with Crippen LogP contribution in [0, 0.1) is 12.7 Å². The predicted molar refractivity (Wildman–Crippen MR) is 108 cm³/mol. The zero-order valence-corrected chi connectivity index (χ0v) is 16.5. The number of benzene rings is 2. The third-order valence-electron chi connectivity index (χ3n) is 5.72. The maximum atomic E-state index is 14.0. The van der Waals surface area contributed by atoms with Crippen LogP contribution in [0.15, 0.2) is 52.9 Å². The lowest BCUT2D eigenvalue weighted by molar-refractivity contribution is -0.0418. The van der Waals surface area contributed by atoms with Gasteiger partial charge in [0.1, 0.15) is 18.0 Å². The number of carbonyl (C=O) groups is 1. The highest BCUT2D eigenvalue weighted by molar-refractivity contribution is 5.99. The van der Waals surface area contributed by atoms with Crippen LogP contribution in [-0.4, -0.2) is 41.2 Å². The van der Waals surface area contributed by atoms with Gasteiger partial charge >= 0.3 is 0 Å². The molecule has 1 aromatic heterocycles. The lowest BCUT2D eigenvalue weighted by atomic mass is 9.88. The first kappa shape index (κ1) is 19.5. The highest BCUT2D eigenvalue weighted by Gasteiger charge is 2.38. The van der Waals surface area contributed by atoms with E-state index in [1.165, 1.54) is 11.0 Å². The molecule has 1 fully saturated rings. The standard InChI is InChI=1S/C23H24FNO4/c1-14-16-10-6-11-17(24)22(16)29-21(14)23(27)25(2)18-12-7-13-19(20(18)26)28-15-8-4-3-5-9-15/h3-6,8-11,18-20,26H,7,12-13H2,1-2H3/t18-,19-,20-/m1/s1. The average Bonchev–Trinajstić information content (AvgIpc) is 3.07. The summed E-state index contributed by atoms with van der Waals surface area (Å²) in [4.78, 5) is 14.6. The highest BCUT2D eigenvalue weighted by Crippen LogP contribution is 2.31. The summed E-state index contributed by atoms with van der Waals surface area (Å²) in [7, 11) is 1.64. The van der Waals surface area contributed by atoms with Gasteiger partial charge in [-0.15, -0.1) is 0 Å². The summed E-state index contributed by atoms with van der Waals surface area (Å²) in [5.74, 6) is -0.0791. The van der Waals surface area contributed by atoms with E-state index in [0.29, 0.717) is 29.5 Å². The molecule has 0 unspecified atom stereocenters. The van der Waals surface area contributed by atoms with Gasteiger partial charge < -0.3 is 19.2 Å². The van der Waals surface area contributed by atoms with E-state index in [9.17, 15) is 14.3 Å². The number of aliphatic hydroxyl groups is 1. The average molecular weight is 397 g/mol. The fraction of sp³-hybridized carbons (Fsp3) is 0.348. The van der Waals surface area contributed by atoms with E-state index in [1.54, 1.807) is 26.1 Å². The van der Waals surface area contributed by atoms with Crippen LogP contribution in [0.1, 0.15) is 35.4 Å². The SMILES string of the molecule is Cc1c(C(=O)N(C)[C@@H]2CCC[C@@H](Oc3ccccc3)[C@@H]2O)oc2c(F)cccc12. The lowest BCUT2D eigenvalue weighted by Crippen LogP contribution is -2.53. The Balaban J connectivity index is 1.55. The van der Waals surface area contributed by atoms with Crippen LogP contribution in [0.25, 0.3) is 11.0 Å². The van der Waals surface area contributed by atoms with E-state index in [2.05, 4.69) is 0 Å². The van der Waals surface area contributed by atoms with Crippen molar-refractivity contribution >= 4 is 16.9 Å². The first-order valence-corrected chi connectivity index (χ1v) is 9.82. The van der Waals surface area contributed by atoms with Gasteiger partial charge in [0.2, 0.25) is 0 Å². The number of amides is 1. The van der Waals surface area contributed by atoms with Crippen molar-refractivity contribution in [1.82, 2.24) is 4.90 Å². The second-order valence-corrected chi connectivity index (χ2v) is 7.55. The molecule has 0 aliphatic heterocycles. The molecule has 0 spiro atoms. The minimum absolute atomic E-state index is 0.0798. The molecule has 3 atom stereocenters. The fourth-order valence-corrected chi connectivity index (χ4v) is 4.07. The second kappa shape index (κ2) is 7.87. The number of carbonyl (C=O) groups excluding carboxylic acids is 1. The smallest absolute Gasteiger partial charge is 0.289 e. The van der Waals surface area contributed by atoms with Gasteiger partial charge in [0, 0.05) is 18.0 Å². The molecule has 1 aliphatic rings. The number of rotatable bonds is 4. The molecule has 1 N–H and O–H groups in total. The van der Waals surface area contributed by atoms with Crippen molar-refractivity contribution in [3.63, 3.8) is 0 Å². The summed E-state index contributed by atoms with van der Waals surface area (Å²) in [5, 5.41) is 11.5. The van der Waals surface area contributed by atoms with Crippen molar-refractivity contribution in [1.29, 1.82) is 0 Å². The highest BCUT2D eigenvalue weighted by atomic mass is 19.1. The maximum absolute atomic E-state index is 14.0. The molecule has 152 valence electrons. The van der Waals surface area contributed by atoms with Crippen LogP contribution in [0.5, 0.6) is 5.75 Å². The number of fused-ring (bicyclic) bond motifs is 1. The van der Waals surface area contributed by atoms with Crippen LogP contribution in [0.3, 0.4) is 0 Å². The molecule has 0 saturated heterocycles. The maximum Gasteiger partial charge on any atom is 0.289 e.